The van der Waals surface area contributed by atoms with Crippen molar-refractivity contribution in [2.45, 2.75) is 37.6 Å². The van der Waals surface area contributed by atoms with E-state index in [0.29, 0.717) is 18.5 Å². The number of hydrogen-bond acceptors (Lipinski definition) is 5. The number of esters is 1. The van der Waals surface area contributed by atoms with Gasteiger partial charge in [-0.2, -0.15) is 5.10 Å². The number of carbonyl (C=O) groups excluding carboxylic acids is 2. The molecule has 0 radical (unpaired) electrons. The fraction of sp³-hybridized carbons (Fsp3) is 0.450. The SMILES string of the molecule is COC(=O)C(C)(C)c1ccc(NC(=O)C2(n3cccn3)CCNCC2)cc1. The quantitative estimate of drug-likeness (QED) is 0.787. The number of amides is 1. The fourth-order valence-electron chi connectivity index (χ4n) is 3.51. The Morgan fingerprint density at radius 2 is 1.89 bits per heavy atom. The molecule has 27 heavy (non-hydrogen) atoms. The summed E-state index contributed by atoms with van der Waals surface area (Å²) in [7, 11) is 1.38. The van der Waals surface area contributed by atoms with Gasteiger partial charge in [-0.25, -0.2) is 0 Å². The lowest BCUT2D eigenvalue weighted by Gasteiger charge is -2.36. The second kappa shape index (κ2) is 7.52. The lowest BCUT2D eigenvalue weighted by Crippen LogP contribution is -2.52. The number of hydrogen-bond donors (Lipinski definition) is 2. The van der Waals surface area contributed by atoms with Crippen molar-refractivity contribution in [3.8, 4) is 0 Å². The first-order valence-corrected chi connectivity index (χ1v) is 9.11. The van der Waals surface area contributed by atoms with Crippen LogP contribution < -0.4 is 10.6 Å². The maximum atomic E-state index is 13.2. The molecule has 2 heterocycles. The number of rotatable bonds is 5. The van der Waals surface area contributed by atoms with Gasteiger partial charge in [0.25, 0.3) is 5.91 Å². The minimum atomic E-state index is -0.747. The third-order valence-corrected chi connectivity index (χ3v) is 5.36. The van der Waals surface area contributed by atoms with Crippen LogP contribution in [0.5, 0.6) is 0 Å². The van der Waals surface area contributed by atoms with E-state index in [-0.39, 0.29) is 11.9 Å². The Kier molecular flexibility index (Phi) is 5.32. The van der Waals surface area contributed by atoms with Crippen molar-refractivity contribution >= 4 is 17.6 Å². The summed E-state index contributed by atoms with van der Waals surface area (Å²) in [6, 6.07) is 9.15. The van der Waals surface area contributed by atoms with Gasteiger partial charge >= 0.3 is 5.97 Å². The zero-order chi connectivity index (χ0) is 19.5. The van der Waals surface area contributed by atoms with E-state index in [1.54, 1.807) is 10.9 Å². The first kappa shape index (κ1) is 19.1. The Morgan fingerprint density at radius 3 is 2.44 bits per heavy atom. The predicted octanol–water partition coefficient (Wildman–Crippen LogP) is 2.05. The van der Waals surface area contributed by atoms with E-state index in [4.69, 9.17) is 4.74 Å². The summed E-state index contributed by atoms with van der Waals surface area (Å²) < 4.78 is 6.64. The first-order chi connectivity index (χ1) is 12.9. The molecule has 7 nitrogen and oxygen atoms in total. The number of methoxy groups -OCH3 is 1. The van der Waals surface area contributed by atoms with Crippen molar-refractivity contribution in [2.75, 3.05) is 25.5 Å². The van der Waals surface area contributed by atoms with Gasteiger partial charge in [0, 0.05) is 18.1 Å². The minimum absolute atomic E-state index is 0.0762. The number of aromatic nitrogens is 2. The molecule has 0 bridgehead atoms. The maximum absolute atomic E-state index is 13.2. The molecule has 144 valence electrons. The zero-order valence-corrected chi connectivity index (χ0v) is 16.0. The molecule has 1 amide bonds. The highest BCUT2D eigenvalue weighted by molar-refractivity contribution is 5.96. The molecule has 0 spiro atoms. The lowest BCUT2D eigenvalue weighted by molar-refractivity contribution is -0.146. The van der Waals surface area contributed by atoms with E-state index in [0.717, 1.165) is 18.7 Å². The number of carbonyl (C=O) groups is 2. The summed E-state index contributed by atoms with van der Waals surface area (Å²) in [4.78, 5) is 25.1. The van der Waals surface area contributed by atoms with Crippen LogP contribution in [0.3, 0.4) is 0 Å². The lowest BCUT2D eigenvalue weighted by atomic mass is 9.84. The molecule has 1 aromatic heterocycles. The van der Waals surface area contributed by atoms with E-state index in [1.807, 2.05) is 50.4 Å². The Labute approximate surface area is 159 Å². The first-order valence-electron chi connectivity index (χ1n) is 9.11. The highest BCUT2D eigenvalue weighted by atomic mass is 16.5. The van der Waals surface area contributed by atoms with Crippen molar-refractivity contribution in [3.05, 3.63) is 48.3 Å². The number of nitrogens with one attached hydrogen (secondary N) is 2. The van der Waals surface area contributed by atoms with Crippen LogP contribution in [0.1, 0.15) is 32.3 Å². The van der Waals surface area contributed by atoms with Crippen molar-refractivity contribution < 1.29 is 14.3 Å². The molecule has 2 N–H and O–H groups in total. The van der Waals surface area contributed by atoms with Crippen LogP contribution in [-0.4, -0.2) is 41.9 Å². The van der Waals surface area contributed by atoms with Crippen LogP contribution in [-0.2, 0) is 25.3 Å². The molecule has 0 saturated carbocycles. The van der Waals surface area contributed by atoms with Crippen LogP contribution in [0, 0.1) is 0 Å². The van der Waals surface area contributed by atoms with Gasteiger partial charge in [0.1, 0.15) is 5.54 Å². The second-order valence-corrected chi connectivity index (χ2v) is 7.38. The highest BCUT2D eigenvalue weighted by Gasteiger charge is 2.42. The van der Waals surface area contributed by atoms with Gasteiger partial charge < -0.3 is 15.4 Å². The summed E-state index contributed by atoms with van der Waals surface area (Å²) in [5, 5.41) is 10.6. The summed E-state index contributed by atoms with van der Waals surface area (Å²) in [5.74, 6) is -0.376. The molecule has 1 aromatic carbocycles. The Hall–Kier alpha value is -2.67. The molecule has 1 aliphatic rings. The predicted molar refractivity (Wildman–Crippen MR) is 102 cm³/mol. The smallest absolute Gasteiger partial charge is 0.315 e. The zero-order valence-electron chi connectivity index (χ0n) is 16.0. The molecule has 7 heteroatoms. The summed E-state index contributed by atoms with van der Waals surface area (Å²) >= 11 is 0. The van der Waals surface area contributed by atoms with Crippen LogP contribution in [0.15, 0.2) is 42.7 Å². The van der Waals surface area contributed by atoms with Crippen molar-refractivity contribution in [3.63, 3.8) is 0 Å². The van der Waals surface area contributed by atoms with E-state index in [1.165, 1.54) is 7.11 Å². The van der Waals surface area contributed by atoms with Gasteiger partial charge in [-0.1, -0.05) is 12.1 Å². The molecular formula is C20H26N4O3. The standard InChI is InChI=1S/C20H26N4O3/c1-19(2,18(26)27-3)15-5-7-16(8-6-15)23-17(25)20(9-12-21-13-10-20)24-14-4-11-22-24/h4-8,11,14,21H,9-10,12-13H2,1-3H3,(H,23,25). The number of anilines is 1. The summed E-state index contributed by atoms with van der Waals surface area (Å²) in [6.45, 7) is 5.15. The molecule has 0 unspecified atom stereocenters. The molecular weight excluding hydrogens is 344 g/mol. The summed E-state index contributed by atoms with van der Waals surface area (Å²) in [5.41, 5.74) is 0.0758. The molecule has 1 fully saturated rings. The van der Waals surface area contributed by atoms with Gasteiger partial charge in [-0.3, -0.25) is 14.3 Å². The number of benzene rings is 1. The van der Waals surface area contributed by atoms with Gasteiger partial charge in [-0.05, 0) is 63.5 Å². The van der Waals surface area contributed by atoms with E-state index in [9.17, 15) is 9.59 Å². The second-order valence-electron chi connectivity index (χ2n) is 7.38. The monoisotopic (exact) mass is 370 g/mol. The van der Waals surface area contributed by atoms with Gasteiger partial charge in [0.15, 0.2) is 0 Å². The Balaban J connectivity index is 1.80. The molecule has 3 rings (SSSR count). The van der Waals surface area contributed by atoms with E-state index in [2.05, 4.69) is 15.7 Å². The molecule has 2 aromatic rings. The van der Waals surface area contributed by atoms with Crippen molar-refractivity contribution in [1.29, 1.82) is 0 Å². The van der Waals surface area contributed by atoms with Gasteiger partial charge in [0.05, 0.1) is 12.5 Å². The Bertz CT molecular complexity index is 791. The highest BCUT2D eigenvalue weighted by Crippen LogP contribution is 2.30. The van der Waals surface area contributed by atoms with Gasteiger partial charge in [-0.15, -0.1) is 0 Å². The van der Waals surface area contributed by atoms with E-state index >= 15 is 0 Å². The average molecular weight is 370 g/mol. The van der Waals surface area contributed by atoms with Crippen LogP contribution in [0.25, 0.3) is 0 Å². The van der Waals surface area contributed by atoms with Crippen LogP contribution in [0.4, 0.5) is 5.69 Å². The van der Waals surface area contributed by atoms with Gasteiger partial charge in [0.2, 0.25) is 0 Å². The number of nitrogens with zero attached hydrogens (tertiary/aromatic N) is 2. The topological polar surface area (TPSA) is 85.2 Å². The number of piperidine rings is 1. The number of ether oxygens (including phenoxy) is 1. The third kappa shape index (κ3) is 3.60. The van der Waals surface area contributed by atoms with Crippen molar-refractivity contribution in [1.82, 2.24) is 15.1 Å². The average Bonchev–Trinajstić information content (AvgIpc) is 3.23. The molecule has 0 aliphatic carbocycles. The molecule has 1 saturated heterocycles. The third-order valence-electron chi connectivity index (χ3n) is 5.36. The maximum Gasteiger partial charge on any atom is 0.315 e. The van der Waals surface area contributed by atoms with Crippen LogP contribution >= 0.6 is 0 Å². The van der Waals surface area contributed by atoms with Crippen LogP contribution in [0.2, 0.25) is 0 Å². The fourth-order valence-corrected chi connectivity index (χ4v) is 3.51. The minimum Gasteiger partial charge on any atom is -0.468 e. The normalized spacial score (nSPS) is 16.6. The largest absolute Gasteiger partial charge is 0.468 e. The molecule has 0 atom stereocenters. The Morgan fingerprint density at radius 1 is 1.22 bits per heavy atom. The summed E-state index contributed by atoms with van der Waals surface area (Å²) in [6.07, 6.45) is 4.88. The van der Waals surface area contributed by atoms with Crippen molar-refractivity contribution in [2.24, 2.45) is 0 Å². The molecule has 1 aliphatic heterocycles. The van der Waals surface area contributed by atoms with E-state index < -0.39 is 11.0 Å².